The number of nitrogens with one attached hydrogen (secondary N) is 1. The minimum atomic E-state index is 0.633. The zero-order valence-corrected chi connectivity index (χ0v) is 10.1. The minimum absolute atomic E-state index is 0.633. The van der Waals surface area contributed by atoms with Crippen molar-refractivity contribution in [1.29, 1.82) is 0 Å². The fourth-order valence-corrected chi connectivity index (χ4v) is 2.29. The Hall–Kier alpha value is -0.0800. The van der Waals surface area contributed by atoms with Gasteiger partial charge in [0.1, 0.15) is 0 Å². The molecule has 2 nitrogen and oxygen atoms in total. The molecule has 1 rings (SSSR count). The first-order chi connectivity index (χ1) is 6.76. The van der Waals surface area contributed by atoms with Crippen molar-refractivity contribution in [2.45, 2.75) is 45.6 Å². The first kappa shape index (κ1) is 12.0. The van der Waals surface area contributed by atoms with Gasteiger partial charge in [-0.05, 0) is 52.2 Å². The van der Waals surface area contributed by atoms with Crippen LogP contribution in [0, 0.1) is 5.92 Å². The number of likely N-dealkylation sites (N-methyl/N-ethyl adjacent to an activating group) is 1. The van der Waals surface area contributed by atoms with E-state index in [1.165, 1.54) is 45.3 Å². The molecule has 84 valence electrons. The van der Waals surface area contributed by atoms with Crippen LogP contribution in [0.4, 0.5) is 0 Å². The Bertz CT molecular complexity index is 147. The van der Waals surface area contributed by atoms with Crippen LogP contribution in [0.3, 0.4) is 0 Å². The van der Waals surface area contributed by atoms with Crippen molar-refractivity contribution in [2.24, 2.45) is 5.92 Å². The predicted molar refractivity (Wildman–Crippen MR) is 62.6 cm³/mol. The van der Waals surface area contributed by atoms with Gasteiger partial charge in [0, 0.05) is 12.6 Å². The first-order valence-electron chi connectivity index (χ1n) is 6.15. The topological polar surface area (TPSA) is 15.3 Å². The third-order valence-corrected chi connectivity index (χ3v) is 3.54. The summed E-state index contributed by atoms with van der Waals surface area (Å²) in [6, 6.07) is 0.633. The molecule has 0 saturated carbocycles. The molecule has 1 fully saturated rings. The second kappa shape index (κ2) is 6.41. The van der Waals surface area contributed by atoms with Gasteiger partial charge in [-0.3, -0.25) is 0 Å². The van der Waals surface area contributed by atoms with Crippen LogP contribution in [0.5, 0.6) is 0 Å². The van der Waals surface area contributed by atoms with Gasteiger partial charge in [-0.1, -0.05) is 13.3 Å². The van der Waals surface area contributed by atoms with Crippen LogP contribution >= 0.6 is 0 Å². The molecule has 0 amide bonds. The lowest BCUT2D eigenvalue weighted by Crippen LogP contribution is -2.38. The van der Waals surface area contributed by atoms with E-state index in [0.29, 0.717) is 6.04 Å². The molecule has 14 heavy (non-hydrogen) atoms. The molecule has 2 atom stereocenters. The van der Waals surface area contributed by atoms with Crippen LogP contribution in [-0.4, -0.2) is 37.6 Å². The van der Waals surface area contributed by atoms with Gasteiger partial charge in [0.15, 0.2) is 0 Å². The zero-order chi connectivity index (χ0) is 10.4. The molecule has 0 aromatic carbocycles. The Morgan fingerprint density at radius 2 is 2.14 bits per heavy atom. The molecule has 0 aromatic heterocycles. The molecule has 2 unspecified atom stereocenters. The van der Waals surface area contributed by atoms with Crippen molar-refractivity contribution in [3.8, 4) is 0 Å². The highest BCUT2D eigenvalue weighted by atomic mass is 15.1. The molecule has 0 spiro atoms. The van der Waals surface area contributed by atoms with Gasteiger partial charge in [-0.2, -0.15) is 0 Å². The van der Waals surface area contributed by atoms with E-state index in [2.05, 4.69) is 31.1 Å². The van der Waals surface area contributed by atoms with Gasteiger partial charge in [-0.25, -0.2) is 0 Å². The summed E-state index contributed by atoms with van der Waals surface area (Å²) < 4.78 is 0. The van der Waals surface area contributed by atoms with Crippen LogP contribution in [-0.2, 0) is 0 Å². The van der Waals surface area contributed by atoms with Crippen molar-refractivity contribution in [3.05, 3.63) is 0 Å². The summed E-state index contributed by atoms with van der Waals surface area (Å²) in [7, 11) is 2.05. The summed E-state index contributed by atoms with van der Waals surface area (Å²) in [6.07, 6.45) is 5.62. The van der Waals surface area contributed by atoms with Gasteiger partial charge in [0.05, 0.1) is 0 Å². The molecular formula is C12H26N2. The lowest BCUT2D eigenvalue weighted by molar-refractivity contribution is 0.256. The Kier molecular flexibility index (Phi) is 5.49. The lowest BCUT2D eigenvalue weighted by atomic mass is 9.98. The standard InChI is InChI=1S/C12H26N2/c1-4-12-6-5-8-14(9-7-12)10-11(2)13-3/h11-13H,4-10H2,1-3H3. The van der Waals surface area contributed by atoms with Gasteiger partial charge >= 0.3 is 0 Å². The summed E-state index contributed by atoms with van der Waals surface area (Å²) in [4.78, 5) is 2.62. The van der Waals surface area contributed by atoms with Crippen LogP contribution in [0.2, 0.25) is 0 Å². The number of rotatable bonds is 4. The summed E-state index contributed by atoms with van der Waals surface area (Å²) in [6.45, 7) is 8.43. The zero-order valence-electron chi connectivity index (χ0n) is 10.1. The third kappa shape index (κ3) is 3.97. The second-order valence-corrected chi connectivity index (χ2v) is 4.70. The molecule has 0 aromatic rings. The Morgan fingerprint density at radius 3 is 2.79 bits per heavy atom. The summed E-state index contributed by atoms with van der Waals surface area (Å²) in [5.41, 5.74) is 0. The van der Waals surface area contributed by atoms with E-state index >= 15 is 0 Å². The third-order valence-electron chi connectivity index (χ3n) is 3.54. The number of hydrogen-bond acceptors (Lipinski definition) is 2. The van der Waals surface area contributed by atoms with Gasteiger partial charge in [0.2, 0.25) is 0 Å². The van der Waals surface area contributed by atoms with E-state index in [-0.39, 0.29) is 0 Å². The van der Waals surface area contributed by atoms with Crippen molar-refractivity contribution in [3.63, 3.8) is 0 Å². The Labute approximate surface area is 89.1 Å². The summed E-state index contributed by atoms with van der Waals surface area (Å²) >= 11 is 0. The monoisotopic (exact) mass is 198 g/mol. The normalized spacial score (nSPS) is 27.2. The van der Waals surface area contributed by atoms with Crippen molar-refractivity contribution in [1.82, 2.24) is 10.2 Å². The summed E-state index contributed by atoms with van der Waals surface area (Å²) in [5.74, 6) is 0.991. The molecule has 0 aliphatic carbocycles. The highest BCUT2D eigenvalue weighted by Crippen LogP contribution is 2.20. The molecule has 0 bridgehead atoms. The summed E-state index contributed by atoms with van der Waals surface area (Å²) in [5, 5.41) is 3.32. The minimum Gasteiger partial charge on any atom is -0.316 e. The average Bonchev–Trinajstić information content (AvgIpc) is 2.43. The van der Waals surface area contributed by atoms with Crippen molar-refractivity contribution < 1.29 is 0 Å². The van der Waals surface area contributed by atoms with E-state index in [9.17, 15) is 0 Å². The van der Waals surface area contributed by atoms with E-state index in [1.54, 1.807) is 0 Å². The Morgan fingerprint density at radius 1 is 1.36 bits per heavy atom. The van der Waals surface area contributed by atoms with Gasteiger partial charge in [-0.15, -0.1) is 0 Å². The number of nitrogens with zero attached hydrogens (tertiary/aromatic N) is 1. The lowest BCUT2D eigenvalue weighted by Gasteiger charge is -2.23. The average molecular weight is 198 g/mol. The SMILES string of the molecule is CCC1CCCN(CC(C)NC)CC1. The fourth-order valence-electron chi connectivity index (χ4n) is 2.29. The van der Waals surface area contributed by atoms with Crippen LogP contribution in [0.1, 0.15) is 39.5 Å². The molecular weight excluding hydrogens is 172 g/mol. The van der Waals surface area contributed by atoms with Gasteiger partial charge in [0.25, 0.3) is 0 Å². The maximum absolute atomic E-state index is 3.32. The second-order valence-electron chi connectivity index (χ2n) is 4.70. The first-order valence-corrected chi connectivity index (χ1v) is 6.15. The van der Waals surface area contributed by atoms with Crippen molar-refractivity contribution in [2.75, 3.05) is 26.7 Å². The fraction of sp³-hybridized carbons (Fsp3) is 1.00. The number of likely N-dealkylation sites (tertiary alicyclic amines) is 1. The molecule has 2 heteroatoms. The molecule has 1 saturated heterocycles. The van der Waals surface area contributed by atoms with E-state index in [0.717, 1.165) is 5.92 Å². The molecule has 1 heterocycles. The molecule has 1 aliphatic rings. The van der Waals surface area contributed by atoms with E-state index in [1.807, 2.05) is 0 Å². The van der Waals surface area contributed by atoms with Crippen LogP contribution in [0.25, 0.3) is 0 Å². The molecule has 0 radical (unpaired) electrons. The smallest absolute Gasteiger partial charge is 0.0163 e. The van der Waals surface area contributed by atoms with Crippen LogP contribution in [0.15, 0.2) is 0 Å². The highest BCUT2D eigenvalue weighted by Gasteiger charge is 2.16. The Balaban J connectivity index is 2.27. The quantitative estimate of drug-likeness (QED) is 0.744. The maximum atomic E-state index is 3.32. The van der Waals surface area contributed by atoms with Crippen molar-refractivity contribution >= 4 is 0 Å². The van der Waals surface area contributed by atoms with E-state index < -0.39 is 0 Å². The van der Waals surface area contributed by atoms with Crippen LogP contribution < -0.4 is 5.32 Å². The maximum Gasteiger partial charge on any atom is 0.0163 e. The molecule has 1 N–H and O–H groups in total. The van der Waals surface area contributed by atoms with Gasteiger partial charge < -0.3 is 10.2 Å². The molecule has 1 aliphatic heterocycles. The largest absolute Gasteiger partial charge is 0.316 e. The predicted octanol–water partition coefficient (Wildman–Crippen LogP) is 2.11. The highest BCUT2D eigenvalue weighted by molar-refractivity contribution is 4.72. The van der Waals surface area contributed by atoms with E-state index in [4.69, 9.17) is 0 Å². The number of hydrogen-bond donors (Lipinski definition) is 1.